The summed E-state index contributed by atoms with van der Waals surface area (Å²) in [5.74, 6) is 0. The van der Waals surface area contributed by atoms with Crippen molar-refractivity contribution in [3.05, 3.63) is 118 Å². The smallest absolute Gasteiger partial charge is 0.308 e. The zero-order valence-corrected chi connectivity index (χ0v) is 25.4. The van der Waals surface area contributed by atoms with Gasteiger partial charge in [-0.2, -0.15) is 63.2 Å². The maximum absolute atomic E-state index is 14.6. The standard InChI is InChI=1S/C36H14F12N4/c37-33(38,39)19-9-17(15-49)31(18(10-19)16-50)51-27-7-3-1-5-21(27)23-14-30-24(13-29(23)51)22-6-2-4-8-28(22)52(30)32-25(35(43,44)45)11-20(34(40,41)42)12-26(32)36(46,47)48/h1-14H. The molecule has 7 aromatic rings. The molecule has 0 spiro atoms. The van der Waals surface area contributed by atoms with Crippen molar-refractivity contribution in [1.82, 2.24) is 9.13 Å². The average molecular weight is 731 g/mol. The molecule has 0 fully saturated rings. The van der Waals surface area contributed by atoms with Crippen molar-refractivity contribution in [3.8, 4) is 23.5 Å². The highest BCUT2D eigenvalue weighted by atomic mass is 19.4. The minimum atomic E-state index is -5.71. The van der Waals surface area contributed by atoms with E-state index in [2.05, 4.69) is 0 Å². The van der Waals surface area contributed by atoms with Crippen LogP contribution in [0.4, 0.5) is 52.7 Å². The Morgan fingerprint density at radius 1 is 0.404 bits per heavy atom. The summed E-state index contributed by atoms with van der Waals surface area (Å²) in [6, 6.07) is 17.5. The minimum absolute atomic E-state index is 0.00256. The van der Waals surface area contributed by atoms with Crippen LogP contribution in [-0.4, -0.2) is 9.13 Å². The summed E-state index contributed by atoms with van der Waals surface area (Å²) in [6.45, 7) is 0. The number of nitrogens with zero attached hydrogens (tertiary/aromatic N) is 4. The van der Waals surface area contributed by atoms with Gasteiger partial charge in [0.05, 0.1) is 66.8 Å². The molecule has 0 atom stereocenters. The Hall–Kier alpha value is -6.16. The van der Waals surface area contributed by atoms with Crippen LogP contribution in [0.25, 0.3) is 55.0 Å². The Morgan fingerprint density at radius 3 is 1.13 bits per heavy atom. The van der Waals surface area contributed by atoms with Crippen molar-refractivity contribution in [2.75, 3.05) is 0 Å². The maximum Gasteiger partial charge on any atom is 0.418 e. The third-order valence-corrected chi connectivity index (χ3v) is 8.64. The van der Waals surface area contributed by atoms with Gasteiger partial charge in [-0.05, 0) is 48.5 Å². The quantitative estimate of drug-likeness (QED) is 0.166. The topological polar surface area (TPSA) is 57.4 Å². The first-order valence-corrected chi connectivity index (χ1v) is 14.7. The van der Waals surface area contributed by atoms with Gasteiger partial charge >= 0.3 is 24.7 Å². The molecule has 0 N–H and O–H groups in total. The number of nitriles is 2. The van der Waals surface area contributed by atoms with Crippen molar-refractivity contribution in [1.29, 1.82) is 10.5 Å². The van der Waals surface area contributed by atoms with Gasteiger partial charge in [-0.15, -0.1) is 0 Å². The molecule has 262 valence electrons. The van der Waals surface area contributed by atoms with E-state index in [-0.39, 0.29) is 61.4 Å². The number of alkyl halides is 12. The molecule has 0 amide bonds. The Bertz CT molecular complexity index is 2640. The highest BCUT2D eigenvalue weighted by Gasteiger charge is 2.46. The van der Waals surface area contributed by atoms with Crippen molar-refractivity contribution in [3.63, 3.8) is 0 Å². The van der Waals surface area contributed by atoms with Gasteiger partial charge in [0.25, 0.3) is 0 Å². The van der Waals surface area contributed by atoms with Gasteiger partial charge in [-0.25, -0.2) is 0 Å². The fourth-order valence-corrected chi connectivity index (χ4v) is 6.59. The second kappa shape index (κ2) is 11.2. The van der Waals surface area contributed by atoms with E-state index in [9.17, 15) is 63.2 Å². The van der Waals surface area contributed by atoms with Crippen LogP contribution in [0.5, 0.6) is 0 Å². The molecular formula is C36H14F12N4. The third kappa shape index (κ3) is 5.25. The Morgan fingerprint density at radius 2 is 0.769 bits per heavy atom. The van der Waals surface area contributed by atoms with Crippen LogP contribution >= 0.6 is 0 Å². The first kappa shape index (κ1) is 34.3. The van der Waals surface area contributed by atoms with Crippen LogP contribution in [0.1, 0.15) is 33.4 Å². The lowest BCUT2D eigenvalue weighted by Crippen LogP contribution is -2.20. The van der Waals surface area contributed by atoms with Crippen LogP contribution in [0.3, 0.4) is 0 Å². The second-order valence-electron chi connectivity index (χ2n) is 11.6. The molecule has 0 bridgehead atoms. The highest BCUT2D eigenvalue weighted by Crippen LogP contribution is 2.48. The zero-order valence-electron chi connectivity index (χ0n) is 25.4. The van der Waals surface area contributed by atoms with E-state index in [0.717, 1.165) is 0 Å². The summed E-state index contributed by atoms with van der Waals surface area (Å²) >= 11 is 0. The largest absolute Gasteiger partial charge is 0.418 e. The van der Waals surface area contributed by atoms with Crippen molar-refractivity contribution < 1.29 is 52.7 Å². The molecule has 0 saturated carbocycles. The molecule has 7 rings (SSSR count). The molecule has 0 unspecified atom stereocenters. The molecule has 4 nitrogen and oxygen atoms in total. The van der Waals surface area contributed by atoms with Gasteiger partial charge in [-0.1, -0.05) is 36.4 Å². The van der Waals surface area contributed by atoms with Crippen molar-refractivity contribution in [2.45, 2.75) is 24.7 Å². The average Bonchev–Trinajstić information content (AvgIpc) is 3.56. The number of rotatable bonds is 2. The summed E-state index contributed by atoms with van der Waals surface area (Å²) in [4.78, 5) is 0. The lowest BCUT2D eigenvalue weighted by atomic mass is 10.00. The van der Waals surface area contributed by atoms with Crippen LogP contribution in [0.15, 0.2) is 84.9 Å². The van der Waals surface area contributed by atoms with Crippen LogP contribution in [-0.2, 0) is 24.7 Å². The first-order chi connectivity index (χ1) is 24.3. The third-order valence-electron chi connectivity index (χ3n) is 8.64. The summed E-state index contributed by atoms with van der Waals surface area (Å²) in [5, 5.41) is 20.4. The fourth-order valence-electron chi connectivity index (χ4n) is 6.59. The monoisotopic (exact) mass is 730 g/mol. The summed E-state index contributed by atoms with van der Waals surface area (Å²) < 4.78 is 172. The molecular weight excluding hydrogens is 716 g/mol. The number of hydrogen-bond donors (Lipinski definition) is 0. The molecule has 0 radical (unpaired) electrons. The van der Waals surface area contributed by atoms with Gasteiger partial charge in [0.1, 0.15) is 12.1 Å². The SMILES string of the molecule is N#Cc1cc(C(F)(F)F)cc(C#N)c1-n1c2ccccc2c2cc3c(cc21)c1ccccc1n3-c1c(C(F)(F)F)cc(C(F)(F)F)cc1C(F)(F)F. The molecule has 2 heterocycles. The summed E-state index contributed by atoms with van der Waals surface area (Å²) in [5.41, 5.74) is -11.1. The van der Waals surface area contributed by atoms with E-state index in [4.69, 9.17) is 0 Å². The van der Waals surface area contributed by atoms with E-state index >= 15 is 0 Å². The van der Waals surface area contributed by atoms with Crippen molar-refractivity contribution in [2.24, 2.45) is 0 Å². The van der Waals surface area contributed by atoms with Gasteiger partial charge in [0, 0.05) is 21.5 Å². The number of para-hydroxylation sites is 2. The van der Waals surface area contributed by atoms with Gasteiger partial charge in [-0.3, -0.25) is 0 Å². The van der Waals surface area contributed by atoms with Crippen LogP contribution in [0, 0.1) is 22.7 Å². The number of aromatic nitrogens is 2. The Labute approximate surface area is 282 Å². The van der Waals surface area contributed by atoms with E-state index in [1.54, 1.807) is 12.1 Å². The number of hydrogen-bond acceptors (Lipinski definition) is 2. The molecule has 0 aliphatic rings. The highest BCUT2D eigenvalue weighted by molar-refractivity contribution is 6.19. The van der Waals surface area contributed by atoms with Crippen LogP contribution in [0.2, 0.25) is 0 Å². The zero-order chi connectivity index (χ0) is 37.7. The number of benzene rings is 5. The molecule has 0 aliphatic carbocycles. The minimum Gasteiger partial charge on any atom is -0.308 e. The molecule has 16 heteroatoms. The predicted octanol–water partition coefficient (Wildman–Crippen LogP) is 11.7. The molecule has 5 aromatic carbocycles. The number of halogens is 12. The summed E-state index contributed by atoms with van der Waals surface area (Å²) in [6.07, 6.45) is -21.9. The van der Waals surface area contributed by atoms with Crippen molar-refractivity contribution >= 4 is 43.6 Å². The molecule has 52 heavy (non-hydrogen) atoms. The van der Waals surface area contributed by atoms with E-state index in [1.807, 2.05) is 0 Å². The van der Waals surface area contributed by atoms with E-state index in [1.165, 1.54) is 65.2 Å². The lowest BCUT2D eigenvalue weighted by molar-refractivity contribution is -0.148. The predicted molar refractivity (Wildman–Crippen MR) is 165 cm³/mol. The molecule has 0 saturated heterocycles. The van der Waals surface area contributed by atoms with Gasteiger partial charge in [0.2, 0.25) is 0 Å². The number of fused-ring (bicyclic) bond motifs is 6. The van der Waals surface area contributed by atoms with Crippen LogP contribution < -0.4 is 0 Å². The molecule has 2 aromatic heterocycles. The summed E-state index contributed by atoms with van der Waals surface area (Å²) in [7, 11) is 0. The first-order valence-electron chi connectivity index (χ1n) is 14.7. The van der Waals surface area contributed by atoms with E-state index in [0.29, 0.717) is 16.7 Å². The fraction of sp³-hybridized carbons (Fsp3) is 0.111. The Kier molecular flexibility index (Phi) is 7.37. The Balaban J connectivity index is 1.70. The lowest BCUT2D eigenvalue weighted by Gasteiger charge is -2.23. The second-order valence-corrected chi connectivity index (χ2v) is 11.6. The normalized spacial score (nSPS) is 13.0. The van der Waals surface area contributed by atoms with Gasteiger partial charge in [0.15, 0.2) is 0 Å². The maximum atomic E-state index is 14.6. The van der Waals surface area contributed by atoms with E-state index < -0.39 is 63.8 Å². The van der Waals surface area contributed by atoms with Gasteiger partial charge < -0.3 is 9.13 Å². The molecule has 0 aliphatic heterocycles.